The number of para-hydroxylation sites is 1. The van der Waals surface area contributed by atoms with Crippen LogP contribution in [0.4, 0.5) is 0 Å². The van der Waals surface area contributed by atoms with Crippen molar-refractivity contribution in [3.05, 3.63) is 59.8 Å². The summed E-state index contributed by atoms with van der Waals surface area (Å²) >= 11 is 0. The van der Waals surface area contributed by atoms with E-state index in [1.54, 1.807) is 43.5 Å². The molecule has 8 heteroatoms. The Bertz CT molecular complexity index is 997. The van der Waals surface area contributed by atoms with Crippen molar-refractivity contribution in [2.24, 2.45) is 5.10 Å². The molecule has 0 unspecified atom stereocenters. The molecule has 0 fully saturated rings. The normalized spacial score (nSPS) is 10.8. The van der Waals surface area contributed by atoms with Crippen LogP contribution >= 0.6 is 0 Å². The minimum absolute atomic E-state index is 0.0776. The predicted molar refractivity (Wildman–Crippen MR) is 105 cm³/mol. The lowest BCUT2D eigenvalue weighted by Gasteiger charge is -2.09. The number of amides is 1. The number of hydrogen-bond donors (Lipinski definition) is 3. The molecule has 28 heavy (non-hydrogen) atoms. The molecule has 1 amide bonds. The Morgan fingerprint density at radius 3 is 2.82 bits per heavy atom. The van der Waals surface area contributed by atoms with Crippen LogP contribution in [-0.4, -0.2) is 41.1 Å². The van der Waals surface area contributed by atoms with Gasteiger partial charge in [-0.3, -0.25) is 9.89 Å². The van der Waals surface area contributed by atoms with Crippen LogP contribution in [0.15, 0.2) is 53.6 Å². The number of benzene rings is 2. The maximum absolute atomic E-state index is 12.2. The van der Waals surface area contributed by atoms with E-state index in [1.807, 2.05) is 13.0 Å². The number of aromatic amines is 1. The topological polar surface area (TPSA) is 109 Å². The summed E-state index contributed by atoms with van der Waals surface area (Å²) in [5.41, 5.74) is 4.49. The third kappa shape index (κ3) is 4.29. The van der Waals surface area contributed by atoms with Crippen LogP contribution in [0, 0.1) is 0 Å². The highest BCUT2D eigenvalue weighted by molar-refractivity contribution is 5.94. The van der Waals surface area contributed by atoms with Gasteiger partial charge in [-0.15, -0.1) is 0 Å². The Morgan fingerprint density at radius 2 is 2.07 bits per heavy atom. The van der Waals surface area contributed by atoms with Crippen molar-refractivity contribution < 1.29 is 19.4 Å². The van der Waals surface area contributed by atoms with Crippen molar-refractivity contribution in [1.82, 2.24) is 15.6 Å². The van der Waals surface area contributed by atoms with Crippen LogP contribution in [0.3, 0.4) is 0 Å². The summed E-state index contributed by atoms with van der Waals surface area (Å²) < 4.78 is 10.8. The van der Waals surface area contributed by atoms with Gasteiger partial charge in [0, 0.05) is 11.1 Å². The number of carbonyl (C=O) groups is 1. The van der Waals surface area contributed by atoms with Crippen molar-refractivity contribution in [1.29, 1.82) is 0 Å². The number of rotatable bonds is 7. The Labute approximate surface area is 161 Å². The fourth-order valence-electron chi connectivity index (χ4n) is 2.50. The van der Waals surface area contributed by atoms with Crippen LogP contribution in [0.2, 0.25) is 0 Å². The number of aromatic hydroxyl groups is 1. The quantitative estimate of drug-likeness (QED) is 0.431. The van der Waals surface area contributed by atoms with Crippen LogP contribution in [0.25, 0.3) is 11.3 Å². The van der Waals surface area contributed by atoms with Crippen molar-refractivity contribution in [3.8, 4) is 28.5 Å². The van der Waals surface area contributed by atoms with Gasteiger partial charge in [-0.25, -0.2) is 5.43 Å². The molecule has 0 atom stereocenters. The highest BCUT2D eigenvalue weighted by atomic mass is 16.5. The second-order valence-electron chi connectivity index (χ2n) is 5.72. The van der Waals surface area contributed by atoms with E-state index < -0.39 is 5.91 Å². The molecule has 0 aliphatic carbocycles. The number of phenols is 1. The molecule has 3 N–H and O–H groups in total. The number of aromatic nitrogens is 2. The summed E-state index contributed by atoms with van der Waals surface area (Å²) in [5.74, 6) is 0.846. The summed E-state index contributed by atoms with van der Waals surface area (Å²) in [6.45, 7) is 2.43. The van der Waals surface area contributed by atoms with E-state index in [1.165, 1.54) is 12.3 Å². The fraction of sp³-hybridized carbons (Fsp3) is 0.150. The first kappa shape index (κ1) is 19.0. The maximum atomic E-state index is 12.2. The van der Waals surface area contributed by atoms with Gasteiger partial charge in [-0.2, -0.15) is 10.2 Å². The monoisotopic (exact) mass is 380 g/mol. The van der Waals surface area contributed by atoms with E-state index in [0.717, 1.165) is 5.56 Å². The summed E-state index contributed by atoms with van der Waals surface area (Å²) in [6, 6.07) is 13.7. The summed E-state index contributed by atoms with van der Waals surface area (Å²) in [5, 5.41) is 20.4. The Hall–Kier alpha value is -3.81. The summed E-state index contributed by atoms with van der Waals surface area (Å²) in [6.07, 6.45) is 1.36. The van der Waals surface area contributed by atoms with Crippen molar-refractivity contribution in [2.45, 2.75) is 6.92 Å². The second kappa shape index (κ2) is 8.72. The molecule has 8 nitrogen and oxygen atoms in total. The van der Waals surface area contributed by atoms with Gasteiger partial charge in [0.1, 0.15) is 11.4 Å². The molecule has 144 valence electrons. The van der Waals surface area contributed by atoms with E-state index in [9.17, 15) is 9.90 Å². The standard InChI is InChI=1S/C20H20N4O4/c1-3-28-18-9-8-13(10-19(18)27-2)15-11-16(23-22-15)20(26)24-21-12-14-6-4-5-7-17(14)25/h4-12,25H,3H2,1-2H3,(H,22,23)(H,24,26)/b21-12+. The Morgan fingerprint density at radius 1 is 1.25 bits per heavy atom. The summed E-state index contributed by atoms with van der Waals surface area (Å²) in [7, 11) is 1.56. The SMILES string of the molecule is CCOc1ccc(-c2cc(C(=O)N/N=C/c3ccccc3O)[nH]n2)cc1OC. The molecule has 1 heterocycles. The third-order valence-corrected chi connectivity index (χ3v) is 3.89. The zero-order valence-electron chi connectivity index (χ0n) is 15.5. The van der Waals surface area contributed by atoms with E-state index in [-0.39, 0.29) is 11.4 Å². The molecule has 3 aromatic rings. The van der Waals surface area contributed by atoms with E-state index in [2.05, 4.69) is 20.7 Å². The van der Waals surface area contributed by atoms with E-state index in [4.69, 9.17) is 9.47 Å². The van der Waals surface area contributed by atoms with Gasteiger partial charge in [-0.1, -0.05) is 12.1 Å². The number of carbonyl (C=O) groups excluding carboxylic acids is 1. The van der Waals surface area contributed by atoms with Crippen molar-refractivity contribution in [2.75, 3.05) is 13.7 Å². The number of nitrogens with zero attached hydrogens (tertiary/aromatic N) is 2. The minimum Gasteiger partial charge on any atom is -0.507 e. The Kier molecular flexibility index (Phi) is 5.91. The molecular weight excluding hydrogens is 360 g/mol. The first-order valence-electron chi connectivity index (χ1n) is 8.60. The zero-order valence-corrected chi connectivity index (χ0v) is 15.5. The molecule has 0 saturated carbocycles. The lowest BCUT2D eigenvalue weighted by molar-refractivity contribution is 0.0950. The van der Waals surface area contributed by atoms with E-state index in [0.29, 0.717) is 29.4 Å². The molecule has 0 aliphatic rings. The highest BCUT2D eigenvalue weighted by Gasteiger charge is 2.13. The number of ether oxygens (including phenoxy) is 2. The molecule has 3 rings (SSSR count). The fourth-order valence-corrected chi connectivity index (χ4v) is 2.50. The lowest BCUT2D eigenvalue weighted by Crippen LogP contribution is -2.18. The average Bonchev–Trinajstić information content (AvgIpc) is 3.20. The van der Waals surface area contributed by atoms with Gasteiger partial charge in [0.25, 0.3) is 5.91 Å². The number of methoxy groups -OCH3 is 1. The number of H-pyrrole nitrogens is 1. The largest absolute Gasteiger partial charge is 0.507 e. The third-order valence-electron chi connectivity index (χ3n) is 3.89. The predicted octanol–water partition coefficient (Wildman–Crippen LogP) is 2.95. The first-order chi connectivity index (χ1) is 13.6. The zero-order chi connectivity index (χ0) is 19.9. The van der Waals surface area contributed by atoms with E-state index >= 15 is 0 Å². The van der Waals surface area contributed by atoms with Gasteiger partial charge < -0.3 is 14.6 Å². The average molecular weight is 380 g/mol. The first-order valence-corrected chi connectivity index (χ1v) is 8.60. The molecule has 0 bridgehead atoms. The molecule has 2 aromatic carbocycles. The molecular formula is C20H20N4O4. The van der Waals surface area contributed by atoms with Crippen LogP contribution in [0.5, 0.6) is 17.2 Å². The van der Waals surface area contributed by atoms with Gasteiger partial charge in [0.15, 0.2) is 11.5 Å². The van der Waals surface area contributed by atoms with Crippen LogP contribution < -0.4 is 14.9 Å². The highest BCUT2D eigenvalue weighted by Crippen LogP contribution is 2.32. The van der Waals surface area contributed by atoms with Crippen LogP contribution in [0.1, 0.15) is 23.0 Å². The van der Waals surface area contributed by atoms with Gasteiger partial charge in [0.2, 0.25) is 0 Å². The number of phenolic OH excluding ortho intramolecular Hbond substituents is 1. The van der Waals surface area contributed by atoms with Gasteiger partial charge >= 0.3 is 0 Å². The maximum Gasteiger partial charge on any atom is 0.289 e. The van der Waals surface area contributed by atoms with Crippen LogP contribution in [-0.2, 0) is 0 Å². The number of hydrogen-bond acceptors (Lipinski definition) is 6. The molecule has 0 aliphatic heterocycles. The molecule has 1 aromatic heterocycles. The minimum atomic E-state index is -0.455. The molecule has 0 radical (unpaired) electrons. The van der Waals surface area contributed by atoms with Gasteiger partial charge in [0.05, 0.1) is 25.6 Å². The number of hydrazone groups is 1. The van der Waals surface area contributed by atoms with Gasteiger partial charge in [-0.05, 0) is 43.3 Å². The number of nitrogens with one attached hydrogen (secondary N) is 2. The van der Waals surface area contributed by atoms with Crippen molar-refractivity contribution in [3.63, 3.8) is 0 Å². The molecule has 0 spiro atoms. The molecule has 0 saturated heterocycles. The van der Waals surface area contributed by atoms with Crippen molar-refractivity contribution >= 4 is 12.1 Å². The smallest absolute Gasteiger partial charge is 0.289 e. The second-order valence-corrected chi connectivity index (χ2v) is 5.72. The Balaban J connectivity index is 1.71. The lowest BCUT2D eigenvalue weighted by atomic mass is 10.1. The summed E-state index contributed by atoms with van der Waals surface area (Å²) in [4.78, 5) is 12.2.